The van der Waals surface area contributed by atoms with Gasteiger partial charge in [-0.1, -0.05) is 18.2 Å². The molecule has 134 valence electrons. The number of halogens is 3. The Morgan fingerprint density at radius 2 is 2.04 bits per heavy atom. The Hall–Kier alpha value is -2.51. The van der Waals surface area contributed by atoms with Crippen LogP contribution in [0.3, 0.4) is 0 Å². The van der Waals surface area contributed by atoms with Gasteiger partial charge in [0.1, 0.15) is 19.1 Å². The van der Waals surface area contributed by atoms with Crippen molar-refractivity contribution in [1.29, 1.82) is 0 Å². The average molecular weight is 353 g/mol. The number of carbonyl (C=O) groups is 1. The molecule has 1 amide bonds. The Morgan fingerprint density at radius 1 is 1.36 bits per heavy atom. The number of ether oxygens (including phenoxy) is 1. The van der Waals surface area contributed by atoms with Crippen LogP contribution in [0.2, 0.25) is 0 Å². The van der Waals surface area contributed by atoms with Crippen LogP contribution in [0.5, 0.6) is 0 Å². The third-order valence-electron chi connectivity index (χ3n) is 4.17. The lowest BCUT2D eigenvalue weighted by molar-refractivity contribution is -0.0877. The van der Waals surface area contributed by atoms with E-state index in [1.165, 1.54) is 4.68 Å². The maximum Gasteiger partial charge on any atom is 0.412 e. The number of hydrogen-bond donors (Lipinski definition) is 1. The molecule has 1 heterocycles. The Labute approximate surface area is 142 Å². The molecule has 25 heavy (non-hydrogen) atoms. The number of hydrogen-bond acceptors (Lipinski definition) is 3. The van der Waals surface area contributed by atoms with Crippen LogP contribution in [0.4, 0.5) is 23.8 Å². The summed E-state index contributed by atoms with van der Waals surface area (Å²) in [6.45, 7) is 0.571. The predicted molar refractivity (Wildman–Crippen MR) is 86.2 cm³/mol. The molecular weight excluding hydrogens is 335 g/mol. The van der Waals surface area contributed by atoms with E-state index in [0.717, 1.165) is 0 Å². The highest BCUT2D eigenvalue weighted by Gasteiger charge is 2.47. The summed E-state index contributed by atoms with van der Waals surface area (Å²) in [7, 11) is 0. The predicted octanol–water partition coefficient (Wildman–Crippen LogP) is 4.21. The molecule has 1 N–H and O–H groups in total. The van der Waals surface area contributed by atoms with Gasteiger partial charge in [0.05, 0.1) is 11.4 Å². The van der Waals surface area contributed by atoms with Crippen LogP contribution in [0.1, 0.15) is 30.0 Å². The van der Waals surface area contributed by atoms with E-state index in [1.807, 2.05) is 6.07 Å². The van der Waals surface area contributed by atoms with Crippen molar-refractivity contribution in [3.05, 3.63) is 41.6 Å². The molecule has 1 saturated carbocycles. The van der Waals surface area contributed by atoms with Gasteiger partial charge < -0.3 is 4.74 Å². The van der Waals surface area contributed by atoms with E-state index in [-0.39, 0.29) is 25.4 Å². The first-order valence-corrected chi connectivity index (χ1v) is 7.94. The van der Waals surface area contributed by atoms with Crippen LogP contribution in [0.25, 0.3) is 5.69 Å². The highest BCUT2D eigenvalue weighted by Crippen LogP contribution is 2.49. The fourth-order valence-electron chi connectivity index (χ4n) is 2.92. The maximum atomic E-state index is 13.2. The van der Waals surface area contributed by atoms with E-state index in [4.69, 9.17) is 4.74 Å². The Balaban J connectivity index is 1.93. The fraction of sp³-hybridized carbons (Fsp3) is 0.412. The van der Waals surface area contributed by atoms with Gasteiger partial charge in [0.25, 0.3) is 0 Å². The van der Waals surface area contributed by atoms with Gasteiger partial charge in [-0.2, -0.15) is 5.10 Å². The van der Waals surface area contributed by atoms with E-state index in [1.54, 1.807) is 31.2 Å². The minimum atomic E-state index is -2.67. The molecule has 8 heteroatoms. The van der Waals surface area contributed by atoms with Gasteiger partial charge in [0.15, 0.2) is 0 Å². The quantitative estimate of drug-likeness (QED) is 0.876. The molecular formula is C17H18F3N3O2. The molecule has 1 fully saturated rings. The maximum absolute atomic E-state index is 13.2. The molecule has 1 aromatic heterocycles. The van der Waals surface area contributed by atoms with Crippen molar-refractivity contribution in [2.45, 2.75) is 31.6 Å². The molecule has 0 bridgehead atoms. The second-order valence-electron chi connectivity index (χ2n) is 6.02. The van der Waals surface area contributed by atoms with Crippen LogP contribution in [-0.4, -0.2) is 35.1 Å². The van der Waals surface area contributed by atoms with Gasteiger partial charge in [-0.05, 0) is 19.1 Å². The van der Waals surface area contributed by atoms with Crippen molar-refractivity contribution in [1.82, 2.24) is 9.78 Å². The van der Waals surface area contributed by atoms with E-state index >= 15 is 0 Å². The summed E-state index contributed by atoms with van der Waals surface area (Å²) in [5.74, 6) is -2.69. The number of anilines is 1. The molecule has 3 rings (SSSR count). The molecule has 0 radical (unpaired) electrons. The largest absolute Gasteiger partial charge is 0.446 e. The van der Waals surface area contributed by atoms with Crippen molar-refractivity contribution in [2.75, 3.05) is 18.6 Å². The first kappa shape index (κ1) is 17.3. The zero-order valence-electron chi connectivity index (χ0n) is 13.6. The molecule has 0 spiro atoms. The number of rotatable bonds is 5. The van der Waals surface area contributed by atoms with Crippen molar-refractivity contribution < 1.29 is 22.7 Å². The molecule has 5 nitrogen and oxygen atoms in total. The molecule has 1 aliphatic carbocycles. The Kier molecular flexibility index (Phi) is 4.69. The lowest BCUT2D eigenvalue weighted by atomic mass is 9.78. The van der Waals surface area contributed by atoms with Gasteiger partial charge in [-0.25, -0.2) is 22.6 Å². The number of alkyl halides is 3. The van der Waals surface area contributed by atoms with Crippen molar-refractivity contribution in [2.24, 2.45) is 0 Å². The first-order chi connectivity index (χ1) is 11.9. The normalized spacial score (nSPS) is 16.3. The van der Waals surface area contributed by atoms with E-state index in [2.05, 4.69) is 10.4 Å². The van der Waals surface area contributed by atoms with Crippen molar-refractivity contribution >= 4 is 11.9 Å². The van der Waals surface area contributed by atoms with Gasteiger partial charge in [-0.3, -0.25) is 5.32 Å². The van der Waals surface area contributed by atoms with Crippen LogP contribution in [-0.2, 0) is 4.74 Å². The molecule has 1 aliphatic rings. The topological polar surface area (TPSA) is 56.2 Å². The molecule has 0 saturated heterocycles. The smallest absolute Gasteiger partial charge is 0.412 e. The first-order valence-electron chi connectivity index (χ1n) is 7.94. The minimum absolute atomic E-state index is 0.259. The Bertz CT molecular complexity index is 754. The summed E-state index contributed by atoms with van der Waals surface area (Å²) >= 11 is 0. The lowest BCUT2D eigenvalue weighted by Gasteiger charge is -2.34. The van der Waals surface area contributed by atoms with E-state index in [9.17, 15) is 18.0 Å². The summed E-state index contributed by atoms with van der Waals surface area (Å²) in [5, 5.41) is 6.98. The highest BCUT2D eigenvalue weighted by atomic mass is 19.3. The summed E-state index contributed by atoms with van der Waals surface area (Å²) in [6, 6.07) is 8.99. The summed E-state index contributed by atoms with van der Waals surface area (Å²) in [4.78, 5) is 11.8. The van der Waals surface area contributed by atoms with Gasteiger partial charge in [0, 0.05) is 24.3 Å². The van der Waals surface area contributed by atoms with Crippen LogP contribution in [0, 0.1) is 6.92 Å². The standard InChI is InChI=1S/C17H18F3N3O2/c1-11-14(12-9-17(19,20)10-12)22-23(13-5-3-2-4-6-13)15(11)21-16(24)25-8-7-18/h2-6,12H,7-10H2,1H3,(H,21,24). The summed E-state index contributed by atoms with van der Waals surface area (Å²) in [5.41, 5.74) is 1.79. The number of nitrogens with zero attached hydrogens (tertiary/aromatic N) is 2. The second kappa shape index (κ2) is 6.78. The number of aromatic nitrogens is 2. The monoisotopic (exact) mass is 353 g/mol. The number of nitrogens with one attached hydrogen (secondary N) is 1. The second-order valence-corrected chi connectivity index (χ2v) is 6.02. The number of benzene rings is 1. The van der Waals surface area contributed by atoms with Crippen LogP contribution >= 0.6 is 0 Å². The molecule has 0 atom stereocenters. The van der Waals surface area contributed by atoms with E-state index in [0.29, 0.717) is 22.8 Å². The van der Waals surface area contributed by atoms with E-state index < -0.39 is 18.7 Å². The third-order valence-corrected chi connectivity index (χ3v) is 4.17. The highest BCUT2D eigenvalue weighted by molar-refractivity contribution is 5.85. The summed E-state index contributed by atoms with van der Waals surface area (Å²) in [6.07, 6.45) is -1.33. The van der Waals surface area contributed by atoms with Gasteiger partial charge >= 0.3 is 6.09 Å². The fourth-order valence-corrected chi connectivity index (χ4v) is 2.92. The van der Waals surface area contributed by atoms with Crippen molar-refractivity contribution in [3.63, 3.8) is 0 Å². The van der Waals surface area contributed by atoms with Crippen molar-refractivity contribution in [3.8, 4) is 5.69 Å². The molecule has 0 unspecified atom stereocenters. The van der Waals surface area contributed by atoms with Gasteiger partial charge in [-0.15, -0.1) is 0 Å². The number of para-hydroxylation sites is 1. The Morgan fingerprint density at radius 3 is 2.64 bits per heavy atom. The third kappa shape index (κ3) is 3.62. The van der Waals surface area contributed by atoms with Crippen LogP contribution < -0.4 is 5.32 Å². The summed E-state index contributed by atoms with van der Waals surface area (Å²) < 4.78 is 44.8. The zero-order chi connectivity index (χ0) is 18.0. The minimum Gasteiger partial charge on any atom is -0.446 e. The van der Waals surface area contributed by atoms with Gasteiger partial charge in [0.2, 0.25) is 5.92 Å². The molecule has 0 aliphatic heterocycles. The number of amides is 1. The lowest BCUT2D eigenvalue weighted by Crippen LogP contribution is -2.34. The average Bonchev–Trinajstić information content (AvgIpc) is 2.88. The van der Waals surface area contributed by atoms with Crippen LogP contribution in [0.15, 0.2) is 30.3 Å². The number of carbonyl (C=O) groups excluding carboxylic acids is 1. The SMILES string of the molecule is Cc1c(C2CC(F)(F)C2)nn(-c2ccccc2)c1NC(=O)OCCF. The molecule has 1 aromatic carbocycles. The zero-order valence-corrected chi connectivity index (χ0v) is 13.6. The molecule has 2 aromatic rings.